The van der Waals surface area contributed by atoms with Crippen LogP contribution in [0.1, 0.15) is 79.1 Å². The Morgan fingerprint density at radius 1 is 0.864 bits per heavy atom. The molecule has 0 heterocycles. The van der Waals surface area contributed by atoms with Gasteiger partial charge >= 0.3 is 29.6 Å². The topological polar surface area (TPSA) is 18.5 Å². The first-order chi connectivity index (χ1) is 9.99. The molecule has 0 radical (unpaired) electrons. The third-order valence-corrected chi connectivity index (χ3v) is 6.22. The maximum Gasteiger partial charge on any atom is 1.00 e. The van der Waals surface area contributed by atoms with Crippen LogP contribution in [0, 0.1) is 11.8 Å². The Bertz CT molecular complexity index is 269. The summed E-state index contributed by atoms with van der Waals surface area (Å²) in [4.78, 5) is 0. The summed E-state index contributed by atoms with van der Waals surface area (Å²) in [6, 6.07) is 0. The number of rotatable bonds is 14. The zero-order valence-electron chi connectivity index (χ0n) is 15.3. The van der Waals surface area contributed by atoms with Crippen LogP contribution in [-0.4, -0.2) is 13.2 Å². The summed E-state index contributed by atoms with van der Waals surface area (Å²) in [6.07, 6.45) is 9.60. The van der Waals surface area contributed by atoms with Gasteiger partial charge in [-0.2, -0.15) is 0 Å². The maximum atomic E-state index is 5.80. The van der Waals surface area contributed by atoms with Crippen molar-refractivity contribution in [3.63, 3.8) is 0 Å². The Morgan fingerprint density at radius 3 is 1.50 bits per heavy atom. The zero-order valence-corrected chi connectivity index (χ0v) is 19.8. The van der Waals surface area contributed by atoms with E-state index in [1.54, 1.807) is 0 Å². The second kappa shape index (κ2) is 16.4. The molecular formula is C16H34NaO2PS2. The van der Waals surface area contributed by atoms with Gasteiger partial charge in [0, 0.05) is 0 Å². The Kier molecular flexibility index (Phi) is 19.5. The first-order valence-electron chi connectivity index (χ1n) is 8.59. The monoisotopic (exact) mass is 376 g/mol. The van der Waals surface area contributed by atoms with Crippen LogP contribution in [0.4, 0.5) is 0 Å². The van der Waals surface area contributed by atoms with Gasteiger partial charge < -0.3 is 21.3 Å². The molecule has 0 saturated heterocycles. The van der Waals surface area contributed by atoms with Crippen LogP contribution >= 0.6 is 5.69 Å². The van der Waals surface area contributed by atoms with E-state index in [1.165, 1.54) is 38.5 Å². The van der Waals surface area contributed by atoms with E-state index in [1.807, 2.05) is 0 Å². The van der Waals surface area contributed by atoms with Crippen molar-refractivity contribution in [2.75, 3.05) is 13.2 Å². The molecule has 2 nitrogen and oxygen atoms in total. The standard InChI is InChI=1S/C16H35O2PS2.Na/c1-5-9-11-15(7-3)13-17-19(20,21)18-14-16(8-4)12-10-6-2;/h15-16H,5-14H2,1-4H3,(H,20,21);/q;+1/p-1. The molecule has 2 atom stereocenters. The molecule has 0 aromatic carbocycles. The van der Waals surface area contributed by atoms with Gasteiger partial charge in [-0.3, -0.25) is 0 Å². The van der Waals surface area contributed by atoms with E-state index in [2.05, 4.69) is 27.7 Å². The SMILES string of the molecule is CCCCC(CC)COP(=S)([S-])OCC(CC)CCCC.[Na+]. The van der Waals surface area contributed by atoms with Crippen molar-refractivity contribution in [3.05, 3.63) is 0 Å². The van der Waals surface area contributed by atoms with E-state index in [9.17, 15) is 0 Å². The quantitative estimate of drug-likeness (QED) is 0.263. The number of unbranched alkanes of at least 4 members (excludes halogenated alkanes) is 2. The van der Waals surface area contributed by atoms with Crippen molar-refractivity contribution in [3.8, 4) is 0 Å². The fraction of sp³-hybridized carbons (Fsp3) is 1.00. The molecule has 0 saturated carbocycles. The van der Waals surface area contributed by atoms with Gasteiger partial charge in [-0.15, -0.1) is 0 Å². The number of hydrogen-bond donors (Lipinski definition) is 0. The van der Waals surface area contributed by atoms with Gasteiger partial charge in [0.2, 0.25) is 0 Å². The second-order valence-corrected chi connectivity index (χ2v) is 10.9. The maximum absolute atomic E-state index is 5.80. The van der Waals surface area contributed by atoms with Gasteiger partial charge in [0.25, 0.3) is 0 Å². The molecule has 22 heavy (non-hydrogen) atoms. The molecule has 0 N–H and O–H groups in total. The summed E-state index contributed by atoms with van der Waals surface area (Å²) in [5, 5.41) is 0. The Morgan fingerprint density at radius 2 is 1.23 bits per heavy atom. The average Bonchev–Trinajstić information content (AvgIpc) is 2.47. The van der Waals surface area contributed by atoms with Crippen molar-refractivity contribution in [2.24, 2.45) is 11.8 Å². The molecular weight excluding hydrogens is 342 g/mol. The zero-order chi connectivity index (χ0) is 16.1. The third-order valence-electron chi connectivity index (χ3n) is 4.02. The smallest absolute Gasteiger partial charge is 0.691 e. The molecule has 0 aliphatic carbocycles. The van der Waals surface area contributed by atoms with Crippen LogP contribution in [0.15, 0.2) is 0 Å². The van der Waals surface area contributed by atoms with Crippen molar-refractivity contribution in [1.82, 2.24) is 0 Å². The predicted molar refractivity (Wildman–Crippen MR) is 100 cm³/mol. The van der Waals surface area contributed by atoms with Crippen LogP contribution in [0.3, 0.4) is 0 Å². The molecule has 0 fully saturated rings. The average molecular weight is 377 g/mol. The molecule has 0 bridgehead atoms. The third kappa shape index (κ3) is 14.3. The normalized spacial score (nSPS) is 16.6. The van der Waals surface area contributed by atoms with Gasteiger partial charge in [-0.05, 0) is 24.7 Å². The molecule has 0 aliphatic heterocycles. The van der Waals surface area contributed by atoms with E-state index in [-0.39, 0.29) is 29.6 Å². The fourth-order valence-electron chi connectivity index (χ4n) is 2.23. The molecule has 0 amide bonds. The van der Waals surface area contributed by atoms with Gasteiger partial charge in [0.05, 0.1) is 18.9 Å². The van der Waals surface area contributed by atoms with Crippen LogP contribution in [0.2, 0.25) is 0 Å². The van der Waals surface area contributed by atoms with Gasteiger partial charge in [-0.25, -0.2) is 0 Å². The number of hydrogen-bond acceptors (Lipinski definition) is 4. The summed E-state index contributed by atoms with van der Waals surface area (Å²) < 4.78 is 11.6. The van der Waals surface area contributed by atoms with Crippen molar-refractivity contribution >= 4 is 29.7 Å². The Balaban J connectivity index is 0. The molecule has 128 valence electrons. The minimum atomic E-state index is -2.47. The molecule has 6 heteroatoms. The Labute approximate surface area is 171 Å². The summed E-state index contributed by atoms with van der Waals surface area (Å²) >= 11 is 10.8. The van der Waals surface area contributed by atoms with Crippen molar-refractivity contribution in [2.45, 2.75) is 79.1 Å². The van der Waals surface area contributed by atoms with Crippen LogP contribution < -0.4 is 29.6 Å². The first kappa shape index (κ1) is 26.2. The predicted octanol–water partition coefficient (Wildman–Crippen LogP) is 3.23. The minimum absolute atomic E-state index is 0. The van der Waals surface area contributed by atoms with E-state index in [0.717, 1.165) is 12.8 Å². The van der Waals surface area contributed by atoms with E-state index in [0.29, 0.717) is 25.0 Å². The van der Waals surface area contributed by atoms with Gasteiger partial charge in [0.1, 0.15) is 0 Å². The molecule has 0 aliphatic rings. The molecule has 0 aromatic heterocycles. The van der Waals surface area contributed by atoms with Crippen molar-refractivity contribution < 1.29 is 38.6 Å². The summed E-state index contributed by atoms with van der Waals surface area (Å²) in [7, 11) is 0. The molecule has 2 unspecified atom stereocenters. The van der Waals surface area contributed by atoms with Crippen LogP contribution in [-0.2, 0) is 33.1 Å². The van der Waals surface area contributed by atoms with E-state index in [4.69, 9.17) is 33.1 Å². The van der Waals surface area contributed by atoms with E-state index < -0.39 is 5.69 Å². The van der Waals surface area contributed by atoms with Crippen LogP contribution in [0.5, 0.6) is 0 Å². The largest absolute Gasteiger partial charge is 1.00 e. The molecule has 0 spiro atoms. The summed E-state index contributed by atoms with van der Waals surface area (Å²) in [5.41, 5.74) is -2.47. The molecule has 0 aromatic rings. The fourth-order valence-corrected chi connectivity index (χ4v) is 3.82. The first-order valence-corrected chi connectivity index (χ1v) is 12.2. The van der Waals surface area contributed by atoms with Gasteiger partial charge in [-0.1, -0.05) is 78.0 Å². The summed E-state index contributed by atoms with van der Waals surface area (Å²) in [5.74, 6) is 1.14. The van der Waals surface area contributed by atoms with Gasteiger partial charge in [0.15, 0.2) is 0 Å². The second-order valence-electron chi connectivity index (χ2n) is 5.87. The molecule has 0 rings (SSSR count). The summed E-state index contributed by atoms with van der Waals surface area (Å²) in [6.45, 7) is 10.2. The van der Waals surface area contributed by atoms with Crippen LogP contribution in [0.25, 0.3) is 0 Å². The van der Waals surface area contributed by atoms with Crippen molar-refractivity contribution in [1.29, 1.82) is 0 Å². The Hall–Kier alpha value is 1.92. The minimum Gasteiger partial charge on any atom is -0.691 e. The van der Waals surface area contributed by atoms with E-state index >= 15 is 0 Å².